The molecule has 1 aromatic rings. The van der Waals surface area contributed by atoms with Crippen LogP contribution < -0.4 is 5.32 Å². The van der Waals surface area contributed by atoms with E-state index in [2.05, 4.69) is 19.2 Å². The number of aryl methyl sites for hydroxylation is 1. The van der Waals surface area contributed by atoms with E-state index in [1.165, 1.54) is 5.56 Å². The summed E-state index contributed by atoms with van der Waals surface area (Å²) in [6.07, 6.45) is 1.63. The lowest BCUT2D eigenvalue weighted by Crippen LogP contribution is -2.53. The van der Waals surface area contributed by atoms with Crippen LogP contribution in [0.3, 0.4) is 0 Å². The second kappa shape index (κ2) is 7.44. The molecule has 0 aliphatic carbocycles. The van der Waals surface area contributed by atoms with E-state index in [1.807, 2.05) is 45.0 Å². The van der Waals surface area contributed by atoms with Crippen molar-refractivity contribution in [2.75, 3.05) is 6.61 Å². The van der Waals surface area contributed by atoms with Crippen LogP contribution in [0.4, 0.5) is 0 Å². The molecule has 1 rings (SSSR count). The molecule has 0 aliphatic heterocycles. The van der Waals surface area contributed by atoms with Crippen molar-refractivity contribution in [3.63, 3.8) is 0 Å². The summed E-state index contributed by atoms with van der Waals surface area (Å²) in [5, 5.41) is 3.48. The Bertz CT molecular complexity index is 427. The van der Waals surface area contributed by atoms with Crippen LogP contribution in [0, 0.1) is 6.92 Å². The maximum absolute atomic E-state index is 12.5. The van der Waals surface area contributed by atoms with Gasteiger partial charge in [0.2, 0.25) is 0 Å². The predicted octanol–water partition coefficient (Wildman–Crippen LogP) is 3.55. The van der Waals surface area contributed by atoms with Crippen molar-refractivity contribution in [3.05, 3.63) is 35.4 Å². The minimum absolute atomic E-state index is 0.188. The van der Waals surface area contributed by atoms with E-state index >= 15 is 0 Å². The zero-order valence-electron chi connectivity index (χ0n) is 13.3. The summed E-state index contributed by atoms with van der Waals surface area (Å²) in [7, 11) is 0. The normalized spacial score (nSPS) is 15.4. The summed E-state index contributed by atoms with van der Waals surface area (Å²) < 4.78 is 5.33. The van der Waals surface area contributed by atoms with Crippen LogP contribution in [0.15, 0.2) is 24.3 Å². The molecule has 0 saturated carbocycles. The molecule has 1 aromatic carbocycles. The van der Waals surface area contributed by atoms with Gasteiger partial charge in [0.25, 0.3) is 0 Å². The lowest BCUT2D eigenvalue weighted by molar-refractivity contribution is -0.152. The molecule has 2 unspecified atom stereocenters. The first-order valence-electron chi connectivity index (χ1n) is 7.52. The van der Waals surface area contributed by atoms with Crippen molar-refractivity contribution in [2.45, 2.75) is 59.0 Å². The lowest BCUT2D eigenvalue weighted by atomic mass is 9.85. The number of carbonyl (C=O) groups excluding carboxylic acids is 1. The van der Waals surface area contributed by atoms with Crippen molar-refractivity contribution in [1.29, 1.82) is 0 Å². The van der Waals surface area contributed by atoms with Crippen LogP contribution in [-0.2, 0) is 15.1 Å². The molecule has 0 aromatic heterocycles. The van der Waals surface area contributed by atoms with E-state index in [0.29, 0.717) is 13.0 Å². The van der Waals surface area contributed by atoms with Crippen LogP contribution >= 0.6 is 0 Å². The zero-order chi connectivity index (χ0) is 15.2. The minimum atomic E-state index is -0.751. The third kappa shape index (κ3) is 3.60. The second-order valence-electron chi connectivity index (χ2n) is 5.30. The molecule has 3 nitrogen and oxygen atoms in total. The molecule has 0 heterocycles. The lowest BCUT2D eigenvalue weighted by Gasteiger charge is -2.34. The highest BCUT2D eigenvalue weighted by molar-refractivity contribution is 5.82. The molecular formula is C17H27NO2. The highest BCUT2D eigenvalue weighted by Gasteiger charge is 2.40. The number of rotatable bonds is 7. The molecule has 2 atom stereocenters. The SMILES string of the molecule is CCOC(=O)C(CC)(NC(C)CC)c1ccc(C)cc1. The van der Waals surface area contributed by atoms with Gasteiger partial charge in [-0.05, 0) is 39.2 Å². The van der Waals surface area contributed by atoms with Crippen molar-refractivity contribution in [2.24, 2.45) is 0 Å². The summed E-state index contributed by atoms with van der Waals surface area (Å²) in [4.78, 5) is 12.5. The van der Waals surface area contributed by atoms with Gasteiger partial charge in [0.05, 0.1) is 6.61 Å². The van der Waals surface area contributed by atoms with Crippen molar-refractivity contribution in [1.82, 2.24) is 5.32 Å². The topological polar surface area (TPSA) is 38.3 Å². The first kappa shape index (κ1) is 16.7. The second-order valence-corrected chi connectivity index (χ2v) is 5.30. The summed E-state index contributed by atoms with van der Waals surface area (Å²) in [6.45, 7) is 10.5. The number of hydrogen-bond donors (Lipinski definition) is 1. The van der Waals surface area contributed by atoms with Gasteiger partial charge in [0, 0.05) is 6.04 Å². The zero-order valence-corrected chi connectivity index (χ0v) is 13.3. The fraction of sp³-hybridized carbons (Fsp3) is 0.588. The van der Waals surface area contributed by atoms with E-state index in [1.54, 1.807) is 0 Å². The summed E-state index contributed by atoms with van der Waals surface area (Å²) in [6, 6.07) is 8.37. The number of carbonyl (C=O) groups is 1. The predicted molar refractivity (Wildman–Crippen MR) is 82.7 cm³/mol. The summed E-state index contributed by atoms with van der Waals surface area (Å²) >= 11 is 0. The standard InChI is InChI=1S/C17H27NO2/c1-6-14(5)18-17(7-2,16(19)20-8-3)15-11-9-13(4)10-12-15/h9-12,14,18H,6-8H2,1-5H3. The molecule has 0 radical (unpaired) electrons. The van der Waals surface area contributed by atoms with Crippen molar-refractivity contribution >= 4 is 5.97 Å². The smallest absolute Gasteiger partial charge is 0.330 e. The Kier molecular flexibility index (Phi) is 6.21. The Morgan fingerprint density at radius 2 is 1.85 bits per heavy atom. The maximum atomic E-state index is 12.5. The number of esters is 1. The van der Waals surface area contributed by atoms with Gasteiger partial charge in [-0.2, -0.15) is 0 Å². The number of nitrogens with one attached hydrogen (secondary N) is 1. The monoisotopic (exact) mass is 277 g/mol. The van der Waals surface area contributed by atoms with Crippen LogP contribution in [-0.4, -0.2) is 18.6 Å². The number of ether oxygens (including phenoxy) is 1. The molecule has 3 heteroatoms. The van der Waals surface area contributed by atoms with Crippen LogP contribution in [0.2, 0.25) is 0 Å². The van der Waals surface area contributed by atoms with Gasteiger partial charge >= 0.3 is 5.97 Å². The number of hydrogen-bond acceptors (Lipinski definition) is 3. The molecule has 0 bridgehead atoms. The van der Waals surface area contributed by atoms with Gasteiger partial charge in [0.15, 0.2) is 0 Å². The van der Waals surface area contributed by atoms with Crippen LogP contribution in [0.25, 0.3) is 0 Å². The van der Waals surface area contributed by atoms with E-state index in [9.17, 15) is 4.79 Å². The van der Waals surface area contributed by atoms with Crippen LogP contribution in [0.5, 0.6) is 0 Å². The van der Waals surface area contributed by atoms with Crippen molar-refractivity contribution < 1.29 is 9.53 Å². The van der Waals surface area contributed by atoms with Gasteiger partial charge < -0.3 is 4.74 Å². The first-order valence-corrected chi connectivity index (χ1v) is 7.52. The van der Waals surface area contributed by atoms with Crippen molar-refractivity contribution in [3.8, 4) is 0 Å². The maximum Gasteiger partial charge on any atom is 0.330 e. The molecule has 0 aliphatic rings. The quantitative estimate of drug-likeness (QED) is 0.775. The summed E-state index contributed by atoms with van der Waals surface area (Å²) in [5.41, 5.74) is 1.41. The Morgan fingerprint density at radius 1 is 1.25 bits per heavy atom. The fourth-order valence-electron chi connectivity index (χ4n) is 2.33. The molecule has 0 fully saturated rings. The Labute approximate surface area is 122 Å². The Morgan fingerprint density at radius 3 is 2.30 bits per heavy atom. The van der Waals surface area contributed by atoms with E-state index in [4.69, 9.17) is 4.74 Å². The third-order valence-corrected chi connectivity index (χ3v) is 3.80. The van der Waals surface area contributed by atoms with Gasteiger partial charge in [-0.3, -0.25) is 5.32 Å². The Hall–Kier alpha value is -1.35. The fourth-order valence-corrected chi connectivity index (χ4v) is 2.33. The van der Waals surface area contributed by atoms with Gasteiger partial charge in [-0.15, -0.1) is 0 Å². The summed E-state index contributed by atoms with van der Waals surface area (Å²) in [5.74, 6) is -0.188. The average molecular weight is 277 g/mol. The third-order valence-electron chi connectivity index (χ3n) is 3.80. The minimum Gasteiger partial charge on any atom is -0.464 e. The van der Waals surface area contributed by atoms with E-state index in [-0.39, 0.29) is 12.0 Å². The van der Waals surface area contributed by atoms with Gasteiger partial charge in [-0.1, -0.05) is 43.7 Å². The average Bonchev–Trinajstić information content (AvgIpc) is 2.45. The molecule has 0 amide bonds. The van der Waals surface area contributed by atoms with E-state index < -0.39 is 5.54 Å². The largest absolute Gasteiger partial charge is 0.464 e. The number of benzene rings is 1. The molecule has 0 saturated heterocycles. The highest BCUT2D eigenvalue weighted by atomic mass is 16.5. The Balaban J connectivity index is 3.22. The molecule has 112 valence electrons. The molecular weight excluding hydrogens is 250 g/mol. The first-order chi connectivity index (χ1) is 9.50. The van der Waals surface area contributed by atoms with Crippen LogP contribution in [0.1, 0.15) is 51.7 Å². The molecule has 0 spiro atoms. The molecule has 20 heavy (non-hydrogen) atoms. The molecule has 1 N–H and O–H groups in total. The van der Waals surface area contributed by atoms with Gasteiger partial charge in [-0.25, -0.2) is 4.79 Å². The highest BCUT2D eigenvalue weighted by Crippen LogP contribution is 2.28. The van der Waals surface area contributed by atoms with Gasteiger partial charge in [0.1, 0.15) is 5.54 Å². The van der Waals surface area contributed by atoms with E-state index in [0.717, 1.165) is 12.0 Å².